The first-order valence-electron chi connectivity index (χ1n) is 7.67. The predicted molar refractivity (Wildman–Crippen MR) is 91.0 cm³/mol. The van der Waals surface area contributed by atoms with Crippen molar-refractivity contribution in [3.63, 3.8) is 0 Å². The Balaban J connectivity index is 1.75. The number of primary amides is 1. The standard InChI is InChI=1S/C18H14FN5O/c19-14-8-12(10-17(20)25)18-13(9-14)11-24(22-18)16-4-2-15(3-5-16)23-7-1-6-21-23/h1-9,11H,10H2,(H2,20,25). The van der Waals surface area contributed by atoms with Gasteiger partial charge in [0.15, 0.2) is 0 Å². The summed E-state index contributed by atoms with van der Waals surface area (Å²) in [4.78, 5) is 11.2. The number of carbonyl (C=O) groups excluding carboxylic acids is 1. The topological polar surface area (TPSA) is 78.7 Å². The number of nitrogens with two attached hydrogens (primary N) is 1. The lowest BCUT2D eigenvalue weighted by molar-refractivity contribution is -0.117. The maximum Gasteiger partial charge on any atom is 0.221 e. The summed E-state index contributed by atoms with van der Waals surface area (Å²) in [7, 11) is 0. The molecule has 0 radical (unpaired) electrons. The highest BCUT2D eigenvalue weighted by molar-refractivity contribution is 5.87. The van der Waals surface area contributed by atoms with Crippen LogP contribution in [0.3, 0.4) is 0 Å². The highest BCUT2D eigenvalue weighted by Crippen LogP contribution is 2.22. The predicted octanol–water partition coefficient (Wildman–Crippen LogP) is 2.38. The quantitative estimate of drug-likeness (QED) is 0.622. The van der Waals surface area contributed by atoms with Crippen LogP contribution in [0.25, 0.3) is 22.3 Å². The number of carbonyl (C=O) groups is 1. The van der Waals surface area contributed by atoms with Gasteiger partial charge in [-0.1, -0.05) is 0 Å². The molecule has 0 unspecified atom stereocenters. The third-order valence-electron chi connectivity index (χ3n) is 3.90. The van der Waals surface area contributed by atoms with E-state index in [9.17, 15) is 9.18 Å². The summed E-state index contributed by atoms with van der Waals surface area (Å²) in [6.07, 6.45) is 5.24. The molecule has 4 aromatic rings. The van der Waals surface area contributed by atoms with Crippen LogP contribution in [-0.4, -0.2) is 25.5 Å². The third kappa shape index (κ3) is 2.87. The van der Waals surface area contributed by atoms with E-state index in [4.69, 9.17) is 5.73 Å². The number of amides is 1. The molecule has 2 aromatic heterocycles. The number of halogens is 1. The molecule has 0 saturated heterocycles. The number of nitrogens with zero attached hydrogens (tertiary/aromatic N) is 4. The van der Waals surface area contributed by atoms with Crippen molar-refractivity contribution in [2.75, 3.05) is 0 Å². The molecule has 2 N–H and O–H groups in total. The Kier molecular flexibility index (Phi) is 3.53. The van der Waals surface area contributed by atoms with Gasteiger partial charge in [-0.05, 0) is 48.0 Å². The molecule has 124 valence electrons. The Labute approximate surface area is 142 Å². The molecule has 7 heteroatoms. The van der Waals surface area contributed by atoms with Crippen molar-refractivity contribution in [3.05, 3.63) is 72.4 Å². The van der Waals surface area contributed by atoms with Crippen LogP contribution in [0, 0.1) is 5.82 Å². The van der Waals surface area contributed by atoms with Crippen LogP contribution >= 0.6 is 0 Å². The molecule has 25 heavy (non-hydrogen) atoms. The average Bonchev–Trinajstić information content (AvgIpc) is 3.24. The highest BCUT2D eigenvalue weighted by atomic mass is 19.1. The van der Waals surface area contributed by atoms with Gasteiger partial charge >= 0.3 is 0 Å². The van der Waals surface area contributed by atoms with E-state index in [1.165, 1.54) is 12.1 Å². The molecule has 1 amide bonds. The summed E-state index contributed by atoms with van der Waals surface area (Å²) in [5.74, 6) is -0.942. The molecule has 0 aliphatic heterocycles. The van der Waals surface area contributed by atoms with E-state index in [0.29, 0.717) is 16.5 Å². The SMILES string of the molecule is NC(=O)Cc1cc(F)cc2cn(-c3ccc(-n4cccn4)cc3)nc12. The second-order valence-electron chi connectivity index (χ2n) is 5.69. The van der Waals surface area contributed by atoms with E-state index in [1.807, 2.05) is 36.5 Å². The Bertz CT molecular complexity index is 1050. The molecular weight excluding hydrogens is 321 g/mol. The Hall–Kier alpha value is -3.48. The molecule has 0 fully saturated rings. The molecule has 0 aliphatic rings. The van der Waals surface area contributed by atoms with Gasteiger partial charge in [-0.25, -0.2) is 13.8 Å². The molecular formula is C18H14FN5O. The van der Waals surface area contributed by atoms with Gasteiger partial charge in [0.1, 0.15) is 5.82 Å². The average molecular weight is 335 g/mol. The summed E-state index contributed by atoms with van der Waals surface area (Å²) in [6, 6.07) is 12.2. The van der Waals surface area contributed by atoms with Crippen LogP contribution in [0.15, 0.2) is 61.1 Å². The maximum atomic E-state index is 13.8. The largest absolute Gasteiger partial charge is 0.369 e. The first-order valence-corrected chi connectivity index (χ1v) is 7.67. The smallest absolute Gasteiger partial charge is 0.221 e. The normalized spacial score (nSPS) is 11.1. The number of benzene rings is 2. The number of rotatable bonds is 4. The van der Waals surface area contributed by atoms with Crippen LogP contribution in [0.1, 0.15) is 5.56 Å². The van der Waals surface area contributed by atoms with E-state index in [0.717, 1.165) is 11.4 Å². The first kappa shape index (κ1) is 15.1. The summed E-state index contributed by atoms with van der Waals surface area (Å²) in [6.45, 7) is 0. The zero-order valence-electron chi connectivity index (χ0n) is 13.1. The van der Waals surface area contributed by atoms with Crippen molar-refractivity contribution in [1.82, 2.24) is 19.6 Å². The second kappa shape index (κ2) is 5.86. The monoisotopic (exact) mass is 335 g/mol. The summed E-state index contributed by atoms with van der Waals surface area (Å²) in [5.41, 5.74) is 8.03. The molecule has 2 heterocycles. The van der Waals surface area contributed by atoms with Gasteiger partial charge in [-0.15, -0.1) is 0 Å². The van der Waals surface area contributed by atoms with E-state index in [-0.39, 0.29) is 6.42 Å². The summed E-state index contributed by atoms with van der Waals surface area (Å²) in [5, 5.41) is 9.29. The van der Waals surface area contributed by atoms with Crippen LogP contribution in [-0.2, 0) is 11.2 Å². The van der Waals surface area contributed by atoms with Crippen molar-refractivity contribution in [2.24, 2.45) is 5.73 Å². The Morgan fingerprint density at radius 1 is 1.12 bits per heavy atom. The molecule has 6 nitrogen and oxygen atoms in total. The number of fused-ring (bicyclic) bond motifs is 1. The molecule has 0 spiro atoms. The van der Waals surface area contributed by atoms with Crippen molar-refractivity contribution >= 4 is 16.8 Å². The van der Waals surface area contributed by atoms with Gasteiger partial charge in [-0.2, -0.15) is 10.2 Å². The third-order valence-corrected chi connectivity index (χ3v) is 3.90. The minimum Gasteiger partial charge on any atom is -0.369 e. The van der Waals surface area contributed by atoms with Crippen LogP contribution in [0.5, 0.6) is 0 Å². The molecule has 0 bridgehead atoms. The fourth-order valence-electron chi connectivity index (χ4n) is 2.80. The second-order valence-corrected chi connectivity index (χ2v) is 5.69. The summed E-state index contributed by atoms with van der Waals surface area (Å²) >= 11 is 0. The molecule has 0 atom stereocenters. The van der Waals surface area contributed by atoms with Gasteiger partial charge in [0.25, 0.3) is 0 Å². The van der Waals surface area contributed by atoms with E-state index in [1.54, 1.807) is 21.8 Å². The lowest BCUT2D eigenvalue weighted by atomic mass is 10.1. The van der Waals surface area contributed by atoms with Gasteiger partial charge in [0, 0.05) is 24.0 Å². The highest BCUT2D eigenvalue weighted by Gasteiger charge is 2.12. The number of hydrogen-bond donors (Lipinski definition) is 1. The maximum absolute atomic E-state index is 13.8. The molecule has 2 aromatic carbocycles. The van der Waals surface area contributed by atoms with Crippen LogP contribution in [0.4, 0.5) is 4.39 Å². The van der Waals surface area contributed by atoms with Crippen molar-refractivity contribution in [3.8, 4) is 11.4 Å². The van der Waals surface area contributed by atoms with Crippen LogP contribution in [0.2, 0.25) is 0 Å². The molecule has 0 saturated carbocycles. The van der Waals surface area contributed by atoms with Gasteiger partial charge in [-0.3, -0.25) is 4.79 Å². The lowest BCUT2D eigenvalue weighted by Gasteiger charge is -2.04. The van der Waals surface area contributed by atoms with Gasteiger partial charge in [0.05, 0.1) is 23.3 Å². The van der Waals surface area contributed by atoms with Crippen molar-refractivity contribution in [2.45, 2.75) is 6.42 Å². The zero-order valence-corrected chi connectivity index (χ0v) is 13.1. The Morgan fingerprint density at radius 3 is 2.48 bits per heavy atom. The molecule has 4 rings (SSSR count). The Morgan fingerprint density at radius 2 is 1.84 bits per heavy atom. The van der Waals surface area contributed by atoms with E-state index >= 15 is 0 Å². The lowest BCUT2D eigenvalue weighted by Crippen LogP contribution is -2.14. The number of hydrogen-bond acceptors (Lipinski definition) is 3. The van der Waals surface area contributed by atoms with Gasteiger partial charge < -0.3 is 5.73 Å². The minimum atomic E-state index is -0.523. The fraction of sp³-hybridized carbons (Fsp3) is 0.0556. The van der Waals surface area contributed by atoms with Crippen molar-refractivity contribution < 1.29 is 9.18 Å². The fourth-order valence-corrected chi connectivity index (χ4v) is 2.80. The van der Waals surface area contributed by atoms with Gasteiger partial charge in [0.2, 0.25) is 5.91 Å². The number of aromatic nitrogens is 4. The van der Waals surface area contributed by atoms with E-state index in [2.05, 4.69) is 10.2 Å². The zero-order chi connectivity index (χ0) is 17.4. The van der Waals surface area contributed by atoms with Crippen molar-refractivity contribution in [1.29, 1.82) is 0 Å². The van der Waals surface area contributed by atoms with Crippen LogP contribution < -0.4 is 5.73 Å². The first-order chi connectivity index (χ1) is 12.1. The molecule has 0 aliphatic carbocycles. The minimum absolute atomic E-state index is 0.0521. The van der Waals surface area contributed by atoms with E-state index < -0.39 is 11.7 Å². The summed E-state index contributed by atoms with van der Waals surface area (Å²) < 4.78 is 17.2.